The third-order valence-corrected chi connectivity index (χ3v) is 5.98. The number of amides is 2. The van der Waals surface area contributed by atoms with Gasteiger partial charge in [-0.2, -0.15) is 10.2 Å². The molecule has 2 amide bonds. The summed E-state index contributed by atoms with van der Waals surface area (Å²) in [6.45, 7) is 3.39. The van der Waals surface area contributed by atoms with Crippen LogP contribution in [0.4, 0.5) is 0 Å². The number of hydrogen-bond acceptors (Lipinski definition) is 9. The van der Waals surface area contributed by atoms with Crippen molar-refractivity contribution in [2.24, 2.45) is 10.2 Å². The molecule has 0 heterocycles. The lowest BCUT2D eigenvalue weighted by Gasteiger charge is -2.14. The minimum absolute atomic E-state index is 0.333. The summed E-state index contributed by atoms with van der Waals surface area (Å²) in [5, 5.41) is 6.92. The van der Waals surface area contributed by atoms with Gasteiger partial charge in [0, 0.05) is 0 Å². The monoisotopic (exact) mass is 502 g/mol. The number of nitrogens with zero attached hydrogens (tertiary/aromatic N) is 2. The predicted molar refractivity (Wildman–Crippen MR) is 137 cm³/mol. The van der Waals surface area contributed by atoms with Crippen molar-refractivity contribution in [1.82, 2.24) is 10.9 Å². The van der Waals surface area contributed by atoms with Crippen molar-refractivity contribution >= 4 is 36.0 Å². The van der Waals surface area contributed by atoms with Gasteiger partial charge in [-0.25, -0.2) is 10.9 Å². The van der Waals surface area contributed by atoms with Gasteiger partial charge in [-0.15, -0.1) is 11.8 Å². The van der Waals surface area contributed by atoms with Gasteiger partial charge in [-0.1, -0.05) is 0 Å². The molecule has 2 atom stereocenters. The van der Waals surface area contributed by atoms with Crippen molar-refractivity contribution < 1.29 is 28.5 Å². The van der Waals surface area contributed by atoms with Crippen LogP contribution < -0.4 is 29.8 Å². The molecule has 0 aliphatic carbocycles. The Bertz CT molecular complexity index is 992. The third-order valence-electron chi connectivity index (χ3n) is 4.74. The Morgan fingerprint density at radius 2 is 1.09 bits per heavy atom. The van der Waals surface area contributed by atoms with Crippen molar-refractivity contribution in [1.29, 1.82) is 0 Å². The van der Waals surface area contributed by atoms with E-state index in [1.165, 1.54) is 38.4 Å². The molecule has 0 bridgehead atoms. The van der Waals surface area contributed by atoms with Gasteiger partial charge >= 0.3 is 0 Å². The Hall–Kier alpha value is -3.73. The quantitative estimate of drug-likeness (QED) is 0.338. The fourth-order valence-electron chi connectivity index (χ4n) is 2.82. The molecule has 35 heavy (non-hydrogen) atoms. The van der Waals surface area contributed by atoms with Crippen molar-refractivity contribution in [3.05, 3.63) is 47.5 Å². The van der Waals surface area contributed by atoms with Gasteiger partial charge in [0.05, 0.1) is 51.4 Å². The molecule has 10 nitrogen and oxygen atoms in total. The van der Waals surface area contributed by atoms with Crippen molar-refractivity contribution in [3.8, 4) is 23.0 Å². The Morgan fingerprint density at radius 3 is 1.43 bits per heavy atom. The van der Waals surface area contributed by atoms with Crippen LogP contribution in [0, 0.1) is 0 Å². The SMILES string of the molecule is COc1ccc(/C=N\NC(=O)C(C)SC(C)C(=O)N/N=C/c2ccc(OC)c(OC)c2)cc1OC. The molecule has 0 fully saturated rings. The van der Waals surface area contributed by atoms with Crippen LogP contribution in [0.25, 0.3) is 0 Å². The zero-order valence-corrected chi connectivity index (χ0v) is 21.3. The van der Waals surface area contributed by atoms with Crippen molar-refractivity contribution in [2.75, 3.05) is 28.4 Å². The lowest BCUT2D eigenvalue weighted by Crippen LogP contribution is -2.33. The molecular weight excluding hydrogens is 472 g/mol. The van der Waals surface area contributed by atoms with E-state index in [-0.39, 0.29) is 11.8 Å². The van der Waals surface area contributed by atoms with E-state index in [0.29, 0.717) is 23.0 Å². The largest absolute Gasteiger partial charge is 0.493 e. The molecule has 11 heteroatoms. The second-order valence-corrected chi connectivity index (χ2v) is 8.80. The van der Waals surface area contributed by atoms with E-state index in [9.17, 15) is 9.59 Å². The summed E-state index contributed by atoms with van der Waals surface area (Å²) in [7, 11) is 6.18. The average Bonchev–Trinajstić information content (AvgIpc) is 2.87. The molecule has 0 saturated carbocycles. The number of nitrogens with one attached hydrogen (secondary N) is 2. The normalized spacial score (nSPS) is 12.7. The van der Waals surface area contributed by atoms with E-state index >= 15 is 0 Å². The summed E-state index contributed by atoms with van der Waals surface area (Å²) < 4.78 is 20.9. The molecule has 2 aromatic rings. The molecule has 2 unspecified atom stereocenters. The minimum atomic E-state index is -0.520. The van der Waals surface area contributed by atoms with Gasteiger partial charge in [0.2, 0.25) is 0 Å². The molecule has 0 radical (unpaired) electrons. The van der Waals surface area contributed by atoms with E-state index in [1.54, 1.807) is 64.5 Å². The summed E-state index contributed by atoms with van der Waals surface area (Å²) in [4.78, 5) is 24.7. The second kappa shape index (κ2) is 13.9. The summed E-state index contributed by atoms with van der Waals surface area (Å²) in [5.74, 6) is 1.64. The molecule has 0 aliphatic rings. The molecule has 0 aromatic heterocycles. The number of thioether (sulfide) groups is 1. The Labute approximate surface area is 209 Å². The summed E-state index contributed by atoms with van der Waals surface area (Å²) in [6.07, 6.45) is 2.99. The first-order valence-corrected chi connectivity index (χ1v) is 11.5. The highest BCUT2D eigenvalue weighted by Crippen LogP contribution is 2.27. The third kappa shape index (κ3) is 8.21. The molecule has 0 spiro atoms. The fourth-order valence-corrected chi connectivity index (χ4v) is 3.78. The number of benzene rings is 2. The topological polar surface area (TPSA) is 120 Å². The number of carbonyl (C=O) groups is 2. The maximum Gasteiger partial charge on any atom is 0.252 e. The highest BCUT2D eigenvalue weighted by atomic mass is 32.2. The molecule has 188 valence electrons. The highest BCUT2D eigenvalue weighted by Gasteiger charge is 2.21. The van der Waals surface area contributed by atoms with Gasteiger partial charge in [0.1, 0.15) is 0 Å². The van der Waals surface area contributed by atoms with Crippen LogP contribution in [0.1, 0.15) is 25.0 Å². The fraction of sp³-hybridized carbons (Fsp3) is 0.333. The second-order valence-electron chi connectivity index (χ2n) is 7.12. The summed E-state index contributed by atoms with van der Waals surface area (Å²) in [6, 6.07) is 10.5. The zero-order chi connectivity index (χ0) is 25.8. The molecule has 2 aromatic carbocycles. The number of hydrazone groups is 2. The number of carbonyl (C=O) groups excluding carboxylic acids is 2. The minimum Gasteiger partial charge on any atom is -0.493 e. The lowest BCUT2D eigenvalue weighted by molar-refractivity contribution is -0.120. The summed E-state index contributed by atoms with van der Waals surface area (Å²) in [5.41, 5.74) is 6.41. The maximum absolute atomic E-state index is 12.4. The molecule has 2 N–H and O–H groups in total. The standard InChI is InChI=1S/C24H30N4O6S/c1-15(23(29)27-25-13-17-7-9-19(31-3)21(11-17)33-5)35-16(2)24(30)28-26-14-18-8-10-20(32-4)22(12-18)34-6/h7-16H,1-6H3,(H,27,29)(H,28,30)/b25-13-,26-14+. The van der Waals surface area contributed by atoms with E-state index in [2.05, 4.69) is 21.1 Å². The van der Waals surface area contributed by atoms with Crippen LogP contribution in [0.3, 0.4) is 0 Å². The average molecular weight is 503 g/mol. The van der Waals surface area contributed by atoms with E-state index in [4.69, 9.17) is 18.9 Å². The Morgan fingerprint density at radius 1 is 0.714 bits per heavy atom. The van der Waals surface area contributed by atoms with Gasteiger partial charge in [-0.05, 0) is 61.4 Å². The molecular formula is C24H30N4O6S. The first-order chi connectivity index (χ1) is 16.8. The predicted octanol–water partition coefficient (Wildman–Crippen LogP) is 2.83. The first-order valence-electron chi connectivity index (χ1n) is 10.6. The van der Waals surface area contributed by atoms with E-state index in [0.717, 1.165) is 11.1 Å². The zero-order valence-electron chi connectivity index (χ0n) is 20.5. The highest BCUT2D eigenvalue weighted by molar-refractivity contribution is 8.01. The molecule has 0 aliphatic heterocycles. The van der Waals surface area contributed by atoms with Gasteiger partial charge < -0.3 is 18.9 Å². The number of ether oxygens (including phenoxy) is 4. The van der Waals surface area contributed by atoms with Crippen LogP contribution in [0.5, 0.6) is 23.0 Å². The van der Waals surface area contributed by atoms with E-state index < -0.39 is 10.5 Å². The van der Waals surface area contributed by atoms with Crippen LogP contribution in [-0.2, 0) is 9.59 Å². The van der Waals surface area contributed by atoms with Crippen LogP contribution in [0.15, 0.2) is 46.6 Å². The van der Waals surface area contributed by atoms with Gasteiger partial charge in [0.15, 0.2) is 23.0 Å². The van der Waals surface area contributed by atoms with E-state index in [1.807, 2.05) is 0 Å². The smallest absolute Gasteiger partial charge is 0.252 e. The van der Waals surface area contributed by atoms with Crippen LogP contribution >= 0.6 is 11.8 Å². The van der Waals surface area contributed by atoms with Crippen molar-refractivity contribution in [2.45, 2.75) is 24.3 Å². The molecule has 0 saturated heterocycles. The van der Waals surface area contributed by atoms with Crippen LogP contribution in [-0.4, -0.2) is 63.2 Å². The summed E-state index contributed by atoms with van der Waals surface area (Å²) >= 11 is 1.19. The maximum atomic E-state index is 12.4. The Balaban J connectivity index is 1.84. The lowest BCUT2D eigenvalue weighted by atomic mass is 10.2. The Kier molecular flexibility index (Phi) is 10.9. The number of rotatable bonds is 12. The van der Waals surface area contributed by atoms with Crippen molar-refractivity contribution in [3.63, 3.8) is 0 Å². The number of hydrogen-bond donors (Lipinski definition) is 2. The number of methoxy groups -OCH3 is 4. The molecule has 2 rings (SSSR count). The van der Waals surface area contributed by atoms with Gasteiger partial charge in [0.25, 0.3) is 11.8 Å². The first kappa shape index (κ1) is 27.5. The van der Waals surface area contributed by atoms with Gasteiger partial charge in [-0.3, -0.25) is 9.59 Å². The van der Waals surface area contributed by atoms with Crippen LogP contribution in [0.2, 0.25) is 0 Å².